The molecule has 0 heterocycles. The van der Waals surface area contributed by atoms with Gasteiger partial charge in [-0.3, -0.25) is 4.79 Å². The lowest BCUT2D eigenvalue weighted by Gasteiger charge is -2.21. The first-order chi connectivity index (χ1) is 8.85. The molecule has 0 aliphatic carbocycles. The highest BCUT2D eigenvalue weighted by atomic mass is 32.2. The van der Waals surface area contributed by atoms with E-state index in [4.69, 9.17) is 0 Å². The maximum Gasteiger partial charge on any atom is 0.309 e. The van der Waals surface area contributed by atoms with Gasteiger partial charge in [-0.25, -0.2) is 0 Å². The minimum Gasteiger partial charge on any atom is -0.481 e. The van der Waals surface area contributed by atoms with Crippen molar-refractivity contribution in [3.8, 4) is 0 Å². The Kier molecular flexibility index (Phi) is 6.15. The molecule has 0 spiro atoms. The Bertz CT molecular complexity index is 445. The van der Waals surface area contributed by atoms with Crippen LogP contribution in [0.4, 0.5) is 0 Å². The molecule has 1 aromatic carbocycles. The second kappa shape index (κ2) is 6.95. The Morgan fingerprint density at radius 2 is 1.58 bits per heavy atom. The fraction of sp³-hybridized carbons (Fsp3) is 0.500. The summed E-state index contributed by atoms with van der Waals surface area (Å²) >= 11 is 5.18. The summed E-state index contributed by atoms with van der Waals surface area (Å²) in [5, 5.41) is 9.24. The van der Waals surface area contributed by atoms with E-state index < -0.39 is 11.4 Å². The highest BCUT2D eigenvalue weighted by molar-refractivity contribution is 8.03. The standard InChI is InChI=1S/C14H20O2S3/c1-14(2,13(15)16)8-9-6-10(17-3)12(19-5)11(7-9)18-4/h6-7H,8H2,1-5H3,(H,15,16). The van der Waals surface area contributed by atoms with E-state index in [0.717, 1.165) is 5.56 Å². The molecule has 0 radical (unpaired) electrons. The summed E-state index contributed by atoms with van der Waals surface area (Å²) < 4.78 is 0. The molecule has 5 heteroatoms. The molecule has 0 aromatic heterocycles. The van der Waals surface area contributed by atoms with Crippen molar-refractivity contribution in [2.75, 3.05) is 18.8 Å². The first-order valence-corrected chi connectivity index (χ1v) is 9.55. The van der Waals surface area contributed by atoms with Gasteiger partial charge in [0, 0.05) is 14.7 Å². The summed E-state index contributed by atoms with van der Waals surface area (Å²) in [4.78, 5) is 15.0. The third kappa shape index (κ3) is 4.10. The molecule has 0 amide bonds. The maximum absolute atomic E-state index is 11.2. The van der Waals surface area contributed by atoms with E-state index >= 15 is 0 Å². The summed E-state index contributed by atoms with van der Waals surface area (Å²) in [6, 6.07) is 4.25. The minimum atomic E-state index is -0.752. The zero-order valence-corrected chi connectivity index (χ0v) is 14.4. The first-order valence-electron chi connectivity index (χ1n) is 5.88. The van der Waals surface area contributed by atoms with Crippen molar-refractivity contribution in [3.63, 3.8) is 0 Å². The molecule has 0 aliphatic rings. The van der Waals surface area contributed by atoms with Gasteiger partial charge >= 0.3 is 5.97 Å². The Hall–Kier alpha value is -0.260. The van der Waals surface area contributed by atoms with Gasteiger partial charge in [0.05, 0.1) is 5.41 Å². The van der Waals surface area contributed by atoms with E-state index in [1.807, 2.05) is 0 Å². The number of rotatable bonds is 6. The van der Waals surface area contributed by atoms with E-state index in [-0.39, 0.29) is 0 Å². The van der Waals surface area contributed by atoms with E-state index in [1.165, 1.54) is 14.7 Å². The van der Waals surface area contributed by atoms with Gasteiger partial charge in [-0.2, -0.15) is 0 Å². The molecular weight excluding hydrogens is 296 g/mol. The number of hydrogen-bond acceptors (Lipinski definition) is 4. The fourth-order valence-corrected chi connectivity index (χ4v) is 4.54. The van der Waals surface area contributed by atoms with Crippen LogP contribution < -0.4 is 0 Å². The molecule has 0 bridgehead atoms. The Labute approximate surface area is 128 Å². The van der Waals surface area contributed by atoms with Crippen LogP contribution in [0, 0.1) is 5.41 Å². The molecule has 1 N–H and O–H groups in total. The molecular formula is C14H20O2S3. The minimum absolute atomic E-state index is 0.554. The molecule has 0 aliphatic heterocycles. The topological polar surface area (TPSA) is 37.3 Å². The predicted octanol–water partition coefficient (Wildman–Crippen LogP) is 4.51. The van der Waals surface area contributed by atoms with Crippen LogP contribution in [0.1, 0.15) is 19.4 Å². The molecule has 0 fully saturated rings. The number of hydrogen-bond donors (Lipinski definition) is 1. The number of thioether (sulfide) groups is 3. The van der Waals surface area contributed by atoms with Crippen molar-refractivity contribution in [3.05, 3.63) is 17.7 Å². The van der Waals surface area contributed by atoms with Gasteiger partial charge in [-0.05, 0) is 56.7 Å². The highest BCUT2D eigenvalue weighted by Crippen LogP contribution is 2.38. The number of carbonyl (C=O) groups is 1. The van der Waals surface area contributed by atoms with Crippen LogP contribution in [0.15, 0.2) is 26.8 Å². The van der Waals surface area contributed by atoms with Gasteiger partial charge in [0.25, 0.3) is 0 Å². The average molecular weight is 317 g/mol. The van der Waals surface area contributed by atoms with Gasteiger partial charge in [0.1, 0.15) is 0 Å². The van der Waals surface area contributed by atoms with Crippen LogP contribution in [-0.4, -0.2) is 29.8 Å². The summed E-state index contributed by atoms with van der Waals surface area (Å²) in [6.07, 6.45) is 6.75. The molecule has 0 saturated carbocycles. The third-order valence-corrected chi connectivity index (χ3v) is 5.58. The molecule has 1 rings (SSSR count). The Balaban J connectivity index is 3.20. The van der Waals surface area contributed by atoms with Crippen molar-refractivity contribution in [1.82, 2.24) is 0 Å². The molecule has 19 heavy (non-hydrogen) atoms. The van der Waals surface area contributed by atoms with Crippen molar-refractivity contribution in [2.24, 2.45) is 5.41 Å². The SMILES string of the molecule is CSc1cc(CC(C)(C)C(=O)O)cc(SC)c1SC. The third-order valence-electron chi connectivity index (χ3n) is 2.95. The summed E-state index contributed by atoms with van der Waals surface area (Å²) in [5.74, 6) is -0.752. The first kappa shape index (κ1) is 16.8. The molecule has 1 aromatic rings. The van der Waals surface area contributed by atoms with Crippen molar-refractivity contribution < 1.29 is 9.90 Å². The van der Waals surface area contributed by atoms with Crippen LogP contribution in [-0.2, 0) is 11.2 Å². The maximum atomic E-state index is 11.2. The Morgan fingerprint density at radius 3 is 1.89 bits per heavy atom. The van der Waals surface area contributed by atoms with Crippen molar-refractivity contribution in [1.29, 1.82) is 0 Å². The molecule has 106 valence electrons. The van der Waals surface area contributed by atoms with Gasteiger partial charge in [0.15, 0.2) is 0 Å². The second-order valence-electron chi connectivity index (χ2n) is 4.90. The highest BCUT2D eigenvalue weighted by Gasteiger charge is 2.28. The predicted molar refractivity (Wildman–Crippen MR) is 86.9 cm³/mol. The molecule has 2 nitrogen and oxygen atoms in total. The lowest BCUT2D eigenvalue weighted by atomic mass is 9.86. The molecule has 0 saturated heterocycles. The average Bonchev–Trinajstić information content (AvgIpc) is 2.36. The van der Waals surface area contributed by atoms with E-state index in [2.05, 4.69) is 30.9 Å². The van der Waals surface area contributed by atoms with Gasteiger partial charge in [-0.15, -0.1) is 35.3 Å². The smallest absolute Gasteiger partial charge is 0.309 e. The van der Waals surface area contributed by atoms with Gasteiger partial charge in [-0.1, -0.05) is 0 Å². The molecule has 0 unspecified atom stereocenters. The van der Waals surface area contributed by atoms with E-state index in [1.54, 1.807) is 49.1 Å². The summed E-state index contributed by atoms with van der Waals surface area (Å²) in [5.41, 5.74) is 0.366. The lowest BCUT2D eigenvalue weighted by molar-refractivity contribution is -0.146. The van der Waals surface area contributed by atoms with Crippen LogP contribution in [0.2, 0.25) is 0 Å². The van der Waals surface area contributed by atoms with Crippen LogP contribution in [0.5, 0.6) is 0 Å². The monoisotopic (exact) mass is 316 g/mol. The van der Waals surface area contributed by atoms with Gasteiger partial charge in [0.2, 0.25) is 0 Å². The lowest BCUT2D eigenvalue weighted by Crippen LogP contribution is -2.26. The second-order valence-corrected chi connectivity index (χ2v) is 7.41. The number of carboxylic acid groups (broad SMARTS) is 1. The fourth-order valence-electron chi connectivity index (χ4n) is 1.82. The Morgan fingerprint density at radius 1 is 1.11 bits per heavy atom. The van der Waals surface area contributed by atoms with Crippen molar-refractivity contribution >= 4 is 41.3 Å². The van der Waals surface area contributed by atoms with Crippen LogP contribution in [0.3, 0.4) is 0 Å². The van der Waals surface area contributed by atoms with E-state index in [9.17, 15) is 9.90 Å². The quantitative estimate of drug-likeness (QED) is 0.782. The van der Waals surface area contributed by atoms with Crippen LogP contribution in [0.25, 0.3) is 0 Å². The van der Waals surface area contributed by atoms with Crippen molar-refractivity contribution in [2.45, 2.75) is 35.0 Å². The number of benzene rings is 1. The zero-order valence-electron chi connectivity index (χ0n) is 11.9. The zero-order chi connectivity index (χ0) is 14.6. The van der Waals surface area contributed by atoms with E-state index in [0.29, 0.717) is 6.42 Å². The largest absolute Gasteiger partial charge is 0.481 e. The number of aliphatic carboxylic acids is 1. The van der Waals surface area contributed by atoms with Gasteiger partial charge < -0.3 is 5.11 Å². The normalized spacial score (nSPS) is 11.6. The molecule has 0 atom stereocenters. The summed E-state index contributed by atoms with van der Waals surface area (Å²) in [7, 11) is 0. The van der Waals surface area contributed by atoms with Crippen LogP contribution >= 0.6 is 35.3 Å². The number of carboxylic acids is 1. The summed E-state index contributed by atoms with van der Waals surface area (Å²) in [6.45, 7) is 3.55.